The Labute approximate surface area is 169 Å². The van der Waals surface area contributed by atoms with Crippen molar-refractivity contribution in [1.29, 1.82) is 0 Å². The molecule has 8 nitrogen and oxygen atoms in total. The molecule has 29 heavy (non-hydrogen) atoms. The van der Waals surface area contributed by atoms with E-state index in [0.29, 0.717) is 32.8 Å². The molecule has 0 bridgehead atoms. The lowest BCUT2D eigenvalue weighted by molar-refractivity contribution is 0.102. The molecule has 0 radical (unpaired) electrons. The topological polar surface area (TPSA) is 122 Å². The Kier molecular flexibility index (Phi) is 5.04. The van der Waals surface area contributed by atoms with Crippen LogP contribution in [0.5, 0.6) is 0 Å². The summed E-state index contributed by atoms with van der Waals surface area (Å²) in [6, 6.07) is 15.6. The second kappa shape index (κ2) is 7.95. The van der Waals surface area contributed by atoms with E-state index >= 15 is 0 Å². The molecule has 2 aromatic carbocycles. The van der Waals surface area contributed by atoms with E-state index < -0.39 is 0 Å². The number of benzene rings is 2. The summed E-state index contributed by atoms with van der Waals surface area (Å²) < 4.78 is 0. The summed E-state index contributed by atoms with van der Waals surface area (Å²) in [7, 11) is 0. The molecule has 0 fully saturated rings. The molecular weight excluding hydrogens is 388 g/mol. The summed E-state index contributed by atoms with van der Waals surface area (Å²) >= 11 is 1.32. The monoisotopic (exact) mass is 404 g/mol. The summed E-state index contributed by atoms with van der Waals surface area (Å²) in [5.74, 6) is -0.0713. The van der Waals surface area contributed by atoms with Crippen LogP contribution in [0.25, 0.3) is 10.2 Å². The van der Waals surface area contributed by atoms with Gasteiger partial charge in [-0.2, -0.15) is 0 Å². The molecule has 9 heteroatoms. The number of hydrogen-bond acceptors (Lipinski definition) is 6. The van der Waals surface area contributed by atoms with Gasteiger partial charge in [-0.15, -0.1) is 11.3 Å². The highest BCUT2D eigenvalue weighted by Gasteiger charge is 2.16. The lowest BCUT2D eigenvalue weighted by Crippen LogP contribution is -2.19. The van der Waals surface area contributed by atoms with Gasteiger partial charge in [0.2, 0.25) is 0 Å². The molecule has 0 atom stereocenters. The average molecular weight is 404 g/mol. The number of urea groups is 1. The number of anilines is 4. The summed E-state index contributed by atoms with van der Waals surface area (Å²) in [6.45, 7) is 0. The number of rotatable bonds is 4. The van der Waals surface area contributed by atoms with Gasteiger partial charge in [0.1, 0.15) is 17.0 Å². The number of nitrogens with one attached hydrogen (secondary N) is 3. The van der Waals surface area contributed by atoms with Crippen LogP contribution in [-0.4, -0.2) is 21.9 Å². The Balaban J connectivity index is 1.47. The number of para-hydroxylation sites is 1. The van der Waals surface area contributed by atoms with Crippen LogP contribution in [0.4, 0.5) is 27.7 Å². The second-order valence-electron chi connectivity index (χ2n) is 6.07. The number of nitrogen functional groups attached to an aromatic ring is 1. The van der Waals surface area contributed by atoms with E-state index in [1.54, 1.807) is 41.8 Å². The van der Waals surface area contributed by atoms with Crippen LogP contribution >= 0.6 is 11.3 Å². The van der Waals surface area contributed by atoms with Gasteiger partial charge in [-0.05, 0) is 30.3 Å². The number of nitrogens with two attached hydrogens (primary N) is 1. The normalized spacial score (nSPS) is 10.5. The highest BCUT2D eigenvalue weighted by atomic mass is 32.1. The molecule has 3 amide bonds. The van der Waals surface area contributed by atoms with Crippen LogP contribution in [0.3, 0.4) is 0 Å². The second-order valence-corrected chi connectivity index (χ2v) is 6.93. The van der Waals surface area contributed by atoms with E-state index in [4.69, 9.17) is 5.73 Å². The molecule has 0 unspecified atom stereocenters. The first kappa shape index (κ1) is 18.4. The standard InChI is InChI=1S/C20H16N6O2S/c21-17-16-15(10-29-19(16)23-11-22-17)18(27)24-13-7-4-8-14(9-13)26-20(28)25-12-5-2-1-3-6-12/h1-11H,(H,24,27)(H2,21,22,23)(H2,25,26,28). The van der Waals surface area contributed by atoms with Crippen LogP contribution in [0.1, 0.15) is 10.4 Å². The minimum absolute atomic E-state index is 0.259. The van der Waals surface area contributed by atoms with Gasteiger partial charge in [0.25, 0.3) is 5.91 Å². The van der Waals surface area contributed by atoms with Crippen molar-refractivity contribution in [3.8, 4) is 0 Å². The number of aromatic nitrogens is 2. The quantitative estimate of drug-likeness (QED) is 0.407. The fraction of sp³-hybridized carbons (Fsp3) is 0. The predicted octanol–water partition coefficient (Wildman–Crippen LogP) is 4.17. The van der Waals surface area contributed by atoms with Crippen LogP contribution in [0, 0.1) is 0 Å². The van der Waals surface area contributed by atoms with Crippen LogP contribution in [0.15, 0.2) is 66.3 Å². The van der Waals surface area contributed by atoms with Crippen LogP contribution < -0.4 is 21.7 Å². The number of carbonyl (C=O) groups is 2. The molecular formula is C20H16N6O2S. The van der Waals surface area contributed by atoms with Gasteiger partial charge in [0.15, 0.2) is 0 Å². The smallest absolute Gasteiger partial charge is 0.323 e. The predicted molar refractivity (Wildman–Crippen MR) is 115 cm³/mol. The van der Waals surface area contributed by atoms with Gasteiger partial charge in [0, 0.05) is 22.4 Å². The summed E-state index contributed by atoms with van der Waals surface area (Å²) in [5.41, 5.74) is 8.05. The third-order valence-corrected chi connectivity index (χ3v) is 4.94. The molecule has 2 aromatic heterocycles. The molecule has 4 aromatic rings. The average Bonchev–Trinajstić information content (AvgIpc) is 3.15. The maximum absolute atomic E-state index is 12.7. The third-order valence-electron chi connectivity index (χ3n) is 4.05. The molecule has 144 valence electrons. The van der Waals surface area contributed by atoms with Crippen molar-refractivity contribution in [2.45, 2.75) is 0 Å². The zero-order chi connectivity index (χ0) is 20.2. The molecule has 0 saturated heterocycles. The Morgan fingerprint density at radius 2 is 1.55 bits per heavy atom. The molecule has 4 rings (SSSR count). The molecule has 0 saturated carbocycles. The molecule has 0 spiro atoms. The van der Waals surface area contributed by atoms with Crippen molar-refractivity contribution in [2.24, 2.45) is 0 Å². The summed E-state index contributed by atoms with van der Waals surface area (Å²) in [6.07, 6.45) is 1.37. The first-order valence-corrected chi connectivity index (χ1v) is 9.50. The Morgan fingerprint density at radius 3 is 2.34 bits per heavy atom. The zero-order valence-corrected chi connectivity index (χ0v) is 15.9. The number of amides is 3. The number of nitrogens with zero attached hydrogens (tertiary/aromatic N) is 2. The highest BCUT2D eigenvalue weighted by Crippen LogP contribution is 2.28. The largest absolute Gasteiger partial charge is 0.383 e. The first-order valence-electron chi connectivity index (χ1n) is 8.62. The van der Waals surface area contributed by atoms with E-state index in [-0.39, 0.29) is 17.8 Å². The van der Waals surface area contributed by atoms with Gasteiger partial charge < -0.3 is 21.7 Å². The first-order chi connectivity index (χ1) is 14.1. The van der Waals surface area contributed by atoms with E-state index in [9.17, 15) is 9.59 Å². The van der Waals surface area contributed by atoms with Crippen molar-refractivity contribution in [2.75, 3.05) is 21.7 Å². The summed E-state index contributed by atoms with van der Waals surface area (Å²) in [5, 5.41) is 10.5. The zero-order valence-electron chi connectivity index (χ0n) is 15.0. The SMILES string of the molecule is Nc1ncnc2scc(C(=O)Nc3cccc(NC(=O)Nc4ccccc4)c3)c12. The lowest BCUT2D eigenvalue weighted by Gasteiger charge is -2.10. The van der Waals surface area contributed by atoms with E-state index in [0.717, 1.165) is 0 Å². The van der Waals surface area contributed by atoms with Crippen molar-refractivity contribution in [1.82, 2.24) is 9.97 Å². The maximum atomic E-state index is 12.7. The number of carbonyl (C=O) groups excluding carboxylic acids is 2. The highest BCUT2D eigenvalue weighted by molar-refractivity contribution is 7.17. The number of hydrogen-bond donors (Lipinski definition) is 4. The molecule has 5 N–H and O–H groups in total. The van der Waals surface area contributed by atoms with Gasteiger partial charge in [-0.3, -0.25) is 4.79 Å². The van der Waals surface area contributed by atoms with Gasteiger partial charge in [0.05, 0.1) is 10.9 Å². The third kappa shape index (κ3) is 4.14. The maximum Gasteiger partial charge on any atom is 0.323 e. The van der Waals surface area contributed by atoms with Crippen LogP contribution in [0.2, 0.25) is 0 Å². The molecule has 2 heterocycles. The van der Waals surface area contributed by atoms with Gasteiger partial charge in [-0.1, -0.05) is 24.3 Å². The van der Waals surface area contributed by atoms with E-state index in [1.165, 1.54) is 17.7 Å². The molecule has 0 aliphatic rings. The minimum atomic E-state index is -0.381. The van der Waals surface area contributed by atoms with Crippen LogP contribution in [-0.2, 0) is 0 Å². The lowest BCUT2D eigenvalue weighted by atomic mass is 10.2. The Bertz CT molecular complexity index is 1190. The molecule has 0 aliphatic carbocycles. The minimum Gasteiger partial charge on any atom is -0.383 e. The van der Waals surface area contributed by atoms with Gasteiger partial charge in [-0.25, -0.2) is 14.8 Å². The Hall–Kier alpha value is -3.98. The van der Waals surface area contributed by atoms with Crippen molar-refractivity contribution in [3.05, 3.63) is 71.9 Å². The fourth-order valence-corrected chi connectivity index (χ4v) is 3.65. The molecule has 0 aliphatic heterocycles. The number of thiophene rings is 1. The van der Waals surface area contributed by atoms with Crippen molar-refractivity contribution < 1.29 is 9.59 Å². The van der Waals surface area contributed by atoms with E-state index in [2.05, 4.69) is 25.9 Å². The van der Waals surface area contributed by atoms with Gasteiger partial charge >= 0.3 is 6.03 Å². The van der Waals surface area contributed by atoms with Crippen molar-refractivity contribution in [3.63, 3.8) is 0 Å². The fourth-order valence-electron chi connectivity index (χ4n) is 2.75. The van der Waals surface area contributed by atoms with Crippen molar-refractivity contribution >= 4 is 56.4 Å². The Morgan fingerprint density at radius 1 is 0.862 bits per heavy atom. The van der Waals surface area contributed by atoms with E-state index in [1.807, 2.05) is 18.2 Å². The number of fused-ring (bicyclic) bond motifs is 1. The summed E-state index contributed by atoms with van der Waals surface area (Å²) in [4.78, 5) is 33.6.